The SMILES string of the molecule is C#CC/N=C/c1ccccc1. The zero-order valence-electron chi connectivity index (χ0n) is 6.20. The van der Waals surface area contributed by atoms with Crippen molar-refractivity contribution < 1.29 is 0 Å². The highest BCUT2D eigenvalue weighted by Crippen LogP contribution is 1.93. The number of terminal acetylenes is 1. The lowest BCUT2D eigenvalue weighted by molar-refractivity contribution is 1.30. The lowest BCUT2D eigenvalue weighted by Gasteiger charge is -1.87. The third-order valence-electron chi connectivity index (χ3n) is 1.22. The third kappa shape index (κ3) is 2.68. The van der Waals surface area contributed by atoms with Gasteiger partial charge >= 0.3 is 0 Å². The number of nitrogens with zero attached hydrogens (tertiary/aromatic N) is 1. The van der Waals surface area contributed by atoms with Crippen LogP contribution in [0, 0.1) is 12.3 Å². The van der Waals surface area contributed by atoms with Gasteiger partial charge in [0.25, 0.3) is 0 Å². The highest BCUT2D eigenvalue weighted by atomic mass is 14.7. The van der Waals surface area contributed by atoms with Crippen LogP contribution in [0.5, 0.6) is 0 Å². The van der Waals surface area contributed by atoms with Gasteiger partial charge < -0.3 is 0 Å². The van der Waals surface area contributed by atoms with E-state index in [4.69, 9.17) is 6.42 Å². The first-order valence-corrected chi connectivity index (χ1v) is 3.42. The van der Waals surface area contributed by atoms with Crippen molar-refractivity contribution in [1.29, 1.82) is 0 Å². The van der Waals surface area contributed by atoms with Gasteiger partial charge in [-0.05, 0) is 5.56 Å². The van der Waals surface area contributed by atoms with Crippen LogP contribution in [0.4, 0.5) is 0 Å². The summed E-state index contributed by atoms with van der Waals surface area (Å²) in [5, 5.41) is 0. The summed E-state index contributed by atoms with van der Waals surface area (Å²) in [7, 11) is 0. The summed E-state index contributed by atoms with van der Waals surface area (Å²) >= 11 is 0. The summed E-state index contributed by atoms with van der Waals surface area (Å²) in [6.07, 6.45) is 6.81. The van der Waals surface area contributed by atoms with E-state index in [-0.39, 0.29) is 0 Å². The van der Waals surface area contributed by atoms with Gasteiger partial charge in [-0.2, -0.15) is 0 Å². The van der Waals surface area contributed by atoms with Gasteiger partial charge in [0, 0.05) is 6.21 Å². The second-order valence-electron chi connectivity index (χ2n) is 2.08. The Balaban J connectivity index is 2.59. The minimum absolute atomic E-state index is 0.453. The van der Waals surface area contributed by atoms with E-state index >= 15 is 0 Å². The smallest absolute Gasteiger partial charge is 0.0995 e. The molecule has 1 heteroatoms. The lowest BCUT2D eigenvalue weighted by Crippen LogP contribution is -1.80. The van der Waals surface area contributed by atoms with E-state index in [9.17, 15) is 0 Å². The Morgan fingerprint density at radius 1 is 1.36 bits per heavy atom. The van der Waals surface area contributed by atoms with Crippen molar-refractivity contribution in [3.05, 3.63) is 35.9 Å². The van der Waals surface area contributed by atoms with Crippen molar-refractivity contribution in [3.8, 4) is 12.3 Å². The van der Waals surface area contributed by atoms with Gasteiger partial charge in [0.15, 0.2) is 0 Å². The molecule has 11 heavy (non-hydrogen) atoms. The minimum atomic E-state index is 0.453. The Bertz CT molecular complexity index is 267. The number of hydrogen-bond donors (Lipinski definition) is 0. The molecule has 54 valence electrons. The Labute approximate surface area is 66.8 Å². The Hall–Kier alpha value is -1.55. The van der Waals surface area contributed by atoms with Crippen LogP contribution < -0.4 is 0 Å². The molecule has 1 nitrogen and oxygen atoms in total. The maximum atomic E-state index is 5.03. The zero-order chi connectivity index (χ0) is 7.94. The van der Waals surface area contributed by atoms with Gasteiger partial charge in [-0.25, -0.2) is 0 Å². The molecule has 0 aromatic heterocycles. The van der Waals surface area contributed by atoms with Crippen molar-refractivity contribution in [1.82, 2.24) is 0 Å². The van der Waals surface area contributed by atoms with E-state index in [1.807, 2.05) is 30.3 Å². The Kier molecular flexibility index (Phi) is 2.95. The number of benzene rings is 1. The monoisotopic (exact) mass is 143 g/mol. The lowest BCUT2D eigenvalue weighted by atomic mass is 10.2. The van der Waals surface area contributed by atoms with E-state index in [1.54, 1.807) is 6.21 Å². The van der Waals surface area contributed by atoms with Gasteiger partial charge in [0.05, 0.1) is 6.54 Å². The highest BCUT2D eigenvalue weighted by molar-refractivity contribution is 5.79. The summed E-state index contributed by atoms with van der Waals surface area (Å²) in [6.45, 7) is 0.453. The second kappa shape index (κ2) is 4.29. The van der Waals surface area contributed by atoms with Crippen molar-refractivity contribution in [3.63, 3.8) is 0 Å². The molecule has 1 aromatic rings. The van der Waals surface area contributed by atoms with Crippen LogP contribution in [0.1, 0.15) is 5.56 Å². The van der Waals surface area contributed by atoms with Crippen LogP contribution in [0.15, 0.2) is 35.3 Å². The average Bonchev–Trinajstić information content (AvgIpc) is 2.07. The van der Waals surface area contributed by atoms with E-state index in [0.717, 1.165) is 5.56 Å². The molecular formula is C10H9N. The van der Waals surface area contributed by atoms with E-state index in [0.29, 0.717) is 6.54 Å². The topological polar surface area (TPSA) is 12.4 Å². The second-order valence-corrected chi connectivity index (χ2v) is 2.08. The molecule has 0 fully saturated rings. The van der Waals surface area contributed by atoms with Gasteiger partial charge in [0.1, 0.15) is 0 Å². The van der Waals surface area contributed by atoms with Crippen molar-refractivity contribution in [2.24, 2.45) is 4.99 Å². The molecule has 0 bridgehead atoms. The maximum absolute atomic E-state index is 5.03. The maximum Gasteiger partial charge on any atom is 0.0995 e. The molecule has 0 N–H and O–H groups in total. The zero-order valence-corrected chi connectivity index (χ0v) is 6.20. The minimum Gasteiger partial charge on any atom is -0.280 e. The summed E-state index contributed by atoms with van der Waals surface area (Å²) in [6, 6.07) is 9.88. The van der Waals surface area contributed by atoms with Crippen LogP contribution >= 0.6 is 0 Å². The average molecular weight is 143 g/mol. The molecule has 0 aliphatic carbocycles. The fraction of sp³-hybridized carbons (Fsp3) is 0.100. The molecule has 0 saturated carbocycles. The fourth-order valence-corrected chi connectivity index (χ4v) is 0.743. The molecule has 0 amide bonds. The Morgan fingerprint density at radius 2 is 2.09 bits per heavy atom. The van der Waals surface area contributed by atoms with Crippen LogP contribution in [-0.4, -0.2) is 12.8 Å². The molecule has 0 radical (unpaired) electrons. The highest BCUT2D eigenvalue weighted by Gasteiger charge is 1.80. The molecule has 0 heterocycles. The molecule has 0 saturated heterocycles. The largest absolute Gasteiger partial charge is 0.280 e. The molecule has 0 aliphatic rings. The van der Waals surface area contributed by atoms with Crippen molar-refractivity contribution >= 4 is 6.21 Å². The molecule has 0 aliphatic heterocycles. The number of aliphatic imine (C=N–C) groups is 1. The number of hydrogen-bond acceptors (Lipinski definition) is 1. The van der Waals surface area contributed by atoms with Gasteiger partial charge in [-0.1, -0.05) is 36.3 Å². The molecule has 0 atom stereocenters. The molecule has 1 rings (SSSR count). The first kappa shape index (κ1) is 7.56. The summed E-state index contributed by atoms with van der Waals surface area (Å²) in [5.41, 5.74) is 1.09. The van der Waals surface area contributed by atoms with Gasteiger partial charge in [-0.3, -0.25) is 4.99 Å². The standard InChI is InChI=1S/C10H9N/c1-2-8-11-9-10-6-4-3-5-7-10/h1,3-7,9H,8H2/b11-9+. The van der Waals surface area contributed by atoms with Crippen molar-refractivity contribution in [2.75, 3.05) is 6.54 Å². The number of rotatable bonds is 2. The predicted molar refractivity (Wildman–Crippen MR) is 47.7 cm³/mol. The van der Waals surface area contributed by atoms with Crippen LogP contribution in [-0.2, 0) is 0 Å². The quantitative estimate of drug-likeness (QED) is 0.441. The first-order valence-electron chi connectivity index (χ1n) is 3.42. The Morgan fingerprint density at radius 3 is 2.73 bits per heavy atom. The molecule has 0 unspecified atom stereocenters. The molecular weight excluding hydrogens is 134 g/mol. The van der Waals surface area contributed by atoms with E-state index < -0.39 is 0 Å². The third-order valence-corrected chi connectivity index (χ3v) is 1.22. The fourth-order valence-electron chi connectivity index (χ4n) is 0.743. The summed E-state index contributed by atoms with van der Waals surface area (Å²) in [4.78, 5) is 4.00. The van der Waals surface area contributed by atoms with E-state index in [1.165, 1.54) is 0 Å². The normalized spacial score (nSPS) is 9.73. The van der Waals surface area contributed by atoms with Crippen LogP contribution in [0.25, 0.3) is 0 Å². The summed E-state index contributed by atoms with van der Waals surface area (Å²) < 4.78 is 0. The van der Waals surface area contributed by atoms with Crippen LogP contribution in [0.3, 0.4) is 0 Å². The predicted octanol–water partition coefficient (Wildman–Crippen LogP) is 1.74. The van der Waals surface area contributed by atoms with Gasteiger partial charge in [0.2, 0.25) is 0 Å². The summed E-state index contributed by atoms with van der Waals surface area (Å²) in [5.74, 6) is 2.44. The molecule has 1 aromatic carbocycles. The van der Waals surface area contributed by atoms with Gasteiger partial charge in [-0.15, -0.1) is 6.42 Å². The van der Waals surface area contributed by atoms with Crippen molar-refractivity contribution in [2.45, 2.75) is 0 Å². The first-order chi connectivity index (χ1) is 5.43. The molecule has 0 spiro atoms. The van der Waals surface area contributed by atoms with E-state index in [2.05, 4.69) is 10.9 Å². The van der Waals surface area contributed by atoms with Crippen LogP contribution in [0.2, 0.25) is 0 Å².